The van der Waals surface area contributed by atoms with Gasteiger partial charge in [-0.05, 0) is 6.92 Å². The summed E-state index contributed by atoms with van der Waals surface area (Å²) in [6.07, 6.45) is 0. The van der Waals surface area contributed by atoms with E-state index in [1.807, 2.05) is 5.55 Å². The van der Waals surface area contributed by atoms with E-state index >= 15 is 0 Å². The van der Waals surface area contributed by atoms with Gasteiger partial charge in [-0.2, -0.15) is 5.10 Å². The smallest absolute Gasteiger partial charge is 0.0919 e. The number of hydrazone groups is 1. The molecule has 1 heterocycles. The number of rotatable bonds is 0. The van der Waals surface area contributed by atoms with E-state index in [1.54, 1.807) is 11.8 Å². The zero-order valence-electron chi connectivity index (χ0n) is 3.51. The molecule has 1 atom stereocenters. The summed E-state index contributed by atoms with van der Waals surface area (Å²) in [4.78, 5) is 0. The van der Waals surface area contributed by atoms with Gasteiger partial charge in [-0.15, -0.1) is 0 Å². The van der Waals surface area contributed by atoms with Crippen LogP contribution < -0.4 is 5.43 Å². The fourth-order valence-corrected chi connectivity index (χ4v) is 0.714. The van der Waals surface area contributed by atoms with Crippen LogP contribution in [0.15, 0.2) is 5.10 Å². The van der Waals surface area contributed by atoms with Crippen LogP contribution in [0.3, 0.4) is 0 Å². The van der Waals surface area contributed by atoms with Gasteiger partial charge >= 0.3 is 0 Å². The van der Waals surface area contributed by atoms with Gasteiger partial charge in [0.05, 0.1) is 10.9 Å². The summed E-state index contributed by atoms with van der Waals surface area (Å²) >= 11 is 1.69. The summed E-state index contributed by atoms with van der Waals surface area (Å²) in [6.45, 7) is 2.07. The molecule has 0 radical (unpaired) electrons. The molecular formula is C3H6N2S. The molecule has 1 N–H and O–H groups in total. The molecule has 34 valence electrons. The Hall–Kier alpha value is -0.180. The molecule has 0 aromatic carbocycles. The van der Waals surface area contributed by atoms with Crippen molar-refractivity contribution in [3.63, 3.8) is 0 Å². The van der Waals surface area contributed by atoms with Crippen LogP contribution in [-0.4, -0.2) is 10.9 Å². The lowest BCUT2D eigenvalue weighted by atomic mass is 10.8. The normalized spacial score (nSPS) is 30.5. The SMILES string of the molecule is C[C@@H]1NN=CS1. The molecule has 0 amide bonds. The fourth-order valence-electron chi connectivity index (χ4n) is 0.288. The minimum Gasteiger partial charge on any atom is -0.296 e. The van der Waals surface area contributed by atoms with Crippen molar-refractivity contribution in [2.24, 2.45) is 5.10 Å². The Morgan fingerprint density at radius 3 is 3.00 bits per heavy atom. The van der Waals surface area contributed by atoms with Crippen LogP contribution >= 0.6 is 11.8 Å². The number of thioether (sulfide) groups is 1. The van der Waals surface area contributed by atoms with Gasteiger partial charge in [-0.3, -0.25) is 5.43 Å². The number of nitrogens with zero attached hydrogens (tertiary/aromatic N) is 1. The Balaban J connectivity index is 2.32. The predicted molar refractivity (Wildman–Crippen MR) is 28.7 cm³/mol. The molecule has 0 aromatic heterocycles. The van der Waals surface area contributed by atoms with Crippen LogP contribution in [0.25, 0.3) is 0 Å². The lowest BCUT2D eigenvalue weighted by molar-refractivity contribution is 0.756. The highest BCUT2D eigenvalue weighted by Gasteiger charge is 2.00. The van der Waals surface area contributed by atoms with Crippen LogP contribution in [-0.2, 0) is 0 Å². The summed E-state index contributed by atoms with van der Waals surface area (Å²) in [5.74, 6) is 0. The van der Waals surface area contributed by atoms with Gasteiger partial charge < -0.3 is 0 Å². The lowest BCUT2D eigenvalue weighted by Gasteiger charge is -1.93. The Morgan fingerprint density at radius 2 is 2.83 bits per heavy atom. The molecule has 0 bridgehead atoms. The van der Waals surface area contributed by atoms with Crippen molar-refractivity contribution >= 4 is 17.3 Å². The molecule has 0 aromatic rings. The summed E-state index contributed by atoms with van der Waals surface area (Å²) in [7, 11) is 0. The summed E-state index contributed by atoms with van der Waals surface area (Å²) in [5, 5.41) is 4.24. The second-order valence-corrected chi connectivity index (χ2v) is 2.33. The molecule has 0 saturated heterocycles. The first kappa shape index (κ1) is 3.99. The van der Waals surface area contributed by atoms with E-state index in [4.69, 9.17) is 0 Å². The Kier molecular flexibility index (Phi) is 1.01. The number of nitrogens with one attached hydrogen (secondary N) is 1. The van der Waals surface area contributed by atoms with Crippen LogP contribution in [0.4, 0.5) is 0 Å². The summed E-state index contributed by atoms with van der Waals surface area (Å²) in [5.41, 5.74) is 4.66. The molecule has 0 spiro atoms. The first-order valence-electron chi connectivity index (χ1n) is 1.82. The predicted octanol–water partition coefficient (Wildman–Crippen LogP) is 0.612. The monoisotopic (exact) mass is 102 g/mol. The van der Waals surface area contributed by atoms with Crippen LogP contribution in [0.5, 0.6) is 0 Å². The molecule has 2 nitrogen and oxygen atoms in total. The van der Waals surface area contributed by atoms with E-state index in [1.165, 1.54) is 0 Å². The average Bonchev–Trinajstić information content (AvgIpc) is 1.86. The Morgan fingerprint density at radius 1 is 2.00 bits per heavy atom. The highest BCUT2D eigenvalue weighted by Crippen LogP contribution is 2.06. The van der Waals surface area contributed by atoms with Crippen molar-refractivity contribution in [1.29, 1.82) is 0 Å². The molecule has 1 aliphatic rings. The van der Waals surface area contributed by atoms with E-state index in [0.717, 1.165) is 0 Å². The molecule has 0 saturated carbocycles. The van der Waals surface area contributed by atoms with Gasteiger partial charge in [-0.1, -0.05) is 11.8 Å². The molecule has 1 aliphatic heterocycles. The maximum Gasteiger partial charge on any atom is 0.0919 e. The third-order valence-corrected chi connectivity index (χ3v) is 1.31. The minimum atomic E-state index is 0.491. The number of hydrogen-bond donors (Lipinski definition) is 1. The summed E-state index contributed by atoms with van der Waals surface area (Å²) < 4.78 is 0. The molecule has 0 fully saturated rings. The van der Waals surface area contributed by atoms with E-state index in [-0.39, 0.29) is 0 Å². The van der Waals surface area contributed by atoms with Gasteiger partial charge in [0, 0.05) is 0 Å². The maximum atomic E-state index is 3.75. The van der Waals surface area contributed by atoms with Crippen molar-refractivity contribution < 1.29 is 0 Å². The largest absolute Gasteiger partial charge is 0.296 e. The third kappa shape index (κ3) is 0.653. The minimum absolute atomic E-state index is 0.491. The van der Waals surface area contributed by atoms with E-state index in [2.05, 4.69) is 17.5 Å². The third-order valence-electron chi connectivity index (χ3n) is 0.574. The quantitative estimate of drug-likeness (QED) is 0.484. The Labute approximate surface area is 41.0 Å². The van der Waals surface area contributed by atoms with Crippen molar-refractivity contribution in [2.45, 2.75) is 12.3 Å². The molecular weight excluding hydrogens is 96.1 g/mol. The average molecular weight is 102 g/mol. The second kappa shape index (κ2) is 1.51. The highest BCUT2D eigenvalue weighted by atomic mass is 32.2. The van der Waals surface area contributed by atoms with E-state index in [0.29, 0.717) is 5.37 Å². The van der Waals surface area contributed by atoms with Gasteiger partial charge in [0.2, 0.25) is 0 Å². The van der Waals surface area contributed by atoms with Gasteiger partial charge in [-0.25, -0.2) is 0 Å². The molecule has 3 heteroatoms. The van der Waals surface area contributed by atoms with Crippen LogP contribution in [0.1, 0.15) is 6.92 Å². The molecule has 0 unspecified atom stereocenters. The van der Waals surface area contributed by atoms with Crippen LogP contribution in [0.2, 0.25) is 0 Å². The van der Waals surface area contributed by atoms with Gasteiger partial charge in [0.25, 0.3) is 0 Å². The van der Waals surface area contributed by atoms with Gasteiger partial charge in [0.1, 0.15) is 0 Å². The zero-order valence-corrected chi connectivity index (χ0v) is 4.33. The van der Waals surface area contributed by atoms with Crippen LogP contribution in [0, 0.1) is 0 Å². The van der Waals surface area contributed by atoms with Crippen molar-refractivity contribution in [1.82, 2.24) is 5.43 Å². The zero-order chi connectivity index (χ0) is 4.41. The van der Waals surface area contributed by atoms with E-state index in [9.17, 15) is 0 Å². The van der Waals surface area contributed by atoms with Crippen molar-refractivity contribution in [3.05, 3.63) is 0 Å². The Bertz CT molecular complexity index is 63.2. The lowest BCUT2D eigenvalue weighted by Crippen LogP contribution is -2.09. The van der Waals surface area contributed by atoms with Crippen molar-refractivity contribution in [3.8, 4) is 0 Å². The number of hydrogen-bond acceptors (Lipinski definition) is 3. The molecule has 1 rings (SSSR count). The van der Waals surface area contributed by atoms with Crippen molar-refractivity contribution in [2.75, 3.05) is 0 Å². The maximum absolute atomic E-state index is 3.75. The molecule has 0 aliphatic carbocycles. The fraction of sp³-hybridized carbons (Fsp3) is 0.667. The topological polar surface area (TPSA) is 24.4 Å². The first-order chi connectivity index (χ1) is 2.89. The standard InChI is InChI=1S/C3H6N2S/c1-3-5-4-2-6-3/h2-3,5H,1H3/t3-/m1/s1. The van der Waals surface area contributed by atoms with E-state index < -0.39 is 0 Å². The first-order valence-corrected chi connectivity index (χ1v) is 2.76. The molecule has 6 heavy (non-hydrogen) atoms. The highest BCUT2D eigenvalue weighted by molar-refractivity contribution is 8.12. The van der Waals surface area contributed by atoms with Gasteiger partial charge in [0.15, 0.2) is 0 Å². The summed E-state index contributed by atoms with van der Waals surface area (Å²) in [6, 6.07) is 0. The second-order valence-electron chi connectivity index (χ2n) is 1.14.